The van der Waals surface area contributed by atoms with E-state index in [-0.39, 0.29) is 19.3 Å². The van der Waals surface area contributed by atoms with Crippen LogP contribution < -0.4 is 0 Å². The third kappa shape index (κ3) is 10.8. The van der Waals surface area contributed by atoms with Crippen LogP contribution in [0.15, 0.2) is 12.2 Å². The van der Waals surface area contributed by atoms with Gasteiger partial charge in [-0.25, -0.2) is 0 Å². The largest absolute Gasteiger partial charge is 0.501 e. The lowest BCUT2D eigenvalue weighted by molar-refractivity contribution is 0.810. The lowest BCUT2D eigenvalue weighted by atomic mass is 10.2. The topological polar surface area (TPSA) is 0 Å². The van der Waals surface area contributed by atoms with Crippen LogP contribution in [0.25, 0.3) is 0 Å². The van der Waals surface area contributed by atoms with Crippen LogP contribution in [-0.2, 0) is 0 Å². The van der Waals surface area contributed by atoms with Crippen molar-refractivity contribution in [1.82, 2.24) is 0 Å². The fraction of sp³-hybridized carbons (Fsp3) is 0.778. The van der Waals surface area contributed by atoms with Gasteiger partial charge in [-0.2, -0.15) is 0 Å². The summed E-state index contributed by atoms with van der Waals surface area (Å²) in [4.78, 5) is 0. The van der Waals surface area contributed by atoms with Gasteiger partial charge in [0.1, 0.15) is 0 Å². The highest BCUT2D eigenvalue weighted by molar-refractivity contribution is 6.93. The summed E-state index contributed by atoms with van der Waals surface area (Å²) in [5.74, 6) is 0. The third-order valence-corrected chi connectivity index (χ3v) is 3.21. The Labute approximate surface area is 83.9 Å². The van der Waals surface area contributed by atoms with Crippen LogP contribution in [0.1, 0.15) is 39.0 Å². The molecule has 0 aromatic rings. The molecule has 0 atom stereocenters. The Morgan fingerprint density at radius 3 is 2.36 bits per heavy atom. The number of unbranched alkanes of at least 4 members (excludes halogenated alkanes) is 3. The first-order chi connectivity index (χ1) is 5.41. The summed E-state index contributed by atoms with van der Waals surface area (Å²) in [6, 6.07) is 0. The first-order valence-electron chi connectivity index (χ1n) is 4.62. The van der Waals surface area contributed by atoms with Gasteiger partial charge in [-0.3, -0.25) is 0 Å². The molecular formula is C9H17ClMg. The second kappa shape index (κ2) is 10.8. The van der Waals surface area contributed by atoms with Crippen molar-refractivity contribution in [2.45, 2.75) is 43.6 Å². The molecule has 0 aliphatic carbocycles. The first-order valence-corrected chi connectivity index (χ1v) is 7.76. The van der Waals surface area contributed by atoms with Crippen LogP contribution in [0.2, 0.25) is 4.55 Å². The molecule has 0 rings (SSSR count). The van der Waals surface area contributed by atoms with Crippen LogP contribution in [-0.4, -0.2) is 19.3 Å². The zero-order valence-electron chi connectivity index (χ0n) is 7.48. The molecule has 0 aromatic carbocycles. The van der Waals surface area contributed by atoms with Crippen molar-refractivity contribution >= 4 is 28.3 Å². The Kier molecular flexibility index (Phi) is 11.6. The van der Waals surface area contributed by atoms with Gasteiger partial charge in [-0.05, 0) is 12.8 Å². The van der Waals surface area contributed by atoms with Gasteiger partial charge in [0.25, 0.3) is 0 Å². The number of hydrogen-bond donors (Lipinski definition) is 0. The maximum Gasteiger partial charge on any atom is 0.501 e. The molecule has 0 amide bonds. The van der Waals surface area contributed by atoms with E-state index in [1.165, 1.54) is 36.7 Å². The van der Waals surface area contributed by atoms with Gasteiger partial charge in [0, 0.05) is 0 Å². The third-order valence-electron chi connectivity index (χ3n) is 1.65. The van der Waals surface area contributed by atoms with E-state index in [4.69, 9.17) is 9.07 Å². The van der Waals surface area contributed by atoms with Crippen LogP contribution in [0, 0.1) is 0 Å². The standard InChI is InChI=1S/C9H17.ClH.Mg/c1-3-5-7-9-8-6-4-2;;/h7,9H,1,3-6,8H2,2H3;1H;/q;;+1/p-1/b9-7-;;. The van der Waals surface area contributed by atoms with Gasteiger partial charge in [-0.1, -0.05) is 38.3 Å². The maximum absolute atomic E-state index is 5.68. The summed E-state index contributed by atoms with van der Waals surface area (Å²) in [5, 5.41) is 0. The molecule has 0 spiro atoms. The Morgan fingerprint density at radius 1 is 1.18 bits per heavy atom. The van der Waals surface area contributed by atoms with Gasteiger partial charge in [0.15, 0.2) is 0 Å². The van der Waals surface area contributed by atoms with Crippen molar-refractivity contribution in [3.63, 3.8) is 0 Å². The Morgan fingerprint density at radius 2 is 1.82 bits per heavy atom. The van der Waals surface area contributed by atoms with Crippen LogP contribution >= 0.6 is 9.07 Å². The van der Waals surface area contributed by atoms with Crippen molar-refractivity contribution in [3.05, 3.63) is 12.2 Å². The van der Waals surface area contributed by atoms with Gasteiger partial charge in [0.2, 0.25) is 0 Å². The zero-order valence-corrected chi connectivity index (χ0v) is 9.65. The van der Waals surface area contributed by atoms with E-state index in [2.05, 4.69) is 19.1 Å². The summed E-state index contributed by atoms with van der Waals surface area (Å²) in [6.45, 7) is 2.23. The molecule has 62 valence electrons. The smallest absolute Gasteiger partial charge is 0.346 e. The quantitative estimate of drug-likeness (QED) is 0.321. The van der Waals surface area contributed by atoms with Crippen molar-refractivity contribution in [3.8, 4) is 0 Å². The number of allylic oxidation sites excluding steroid dienone is 2. The first kappa shape index (κ1) is 11.8. The van der Waals surface area contributed by atoms with Gasteiger partial charge < -0.3 is 9.07 Å². The molecule has 0 fully saturated rings. The van der Waals surface area contributed by atoms with E-state index >= 15 is 0 Å². The molecule has 0 saturated carbocycles. The van der Waals surface area contributed by atoms with Crippen molar-refractivity contribution in [2.24, 2.45) is 0 Å². The molecule has 0 aliphatic rings. The predicted octanol–water partition coefficient (Wildman–Crippen LogP) is 3.79. The molecule has 0 aliphatic heterocycles. The van der Waals surface area contributed by atoms with E-state index < -0.39 is 0 Å². The minimum Gasteiger partial charge on any atom is -0.346 e. The van der Waals surface area contributed by atoms with Crippen LogP contribution in [0.4, 0.5) is 0 Å². The van der Waals surface area contributed by atoms with E-state index in [9.17, 15) is 0 Å². The Hall–Kier alpha value is 0.796. The lowest BCUT2D eigenvalue weighted by Gasteiger charge is -1.90. The van der Waals surface area contributed by atoms with Crippen molar-refractivity contribution in [1.29, 1.82) is 0 Å². The van der Waals surface area contributed by atoms with Crippen molar-refractivity contribution in [2.75, 3.05) is 0 Å². The fourth-order valence-electron chi connectivity index (χ4n) is 0.914. The van der Waals surface area contributed by atoms with Crippen LogP contribution in [0.5, 0.6) is 0 Å². The molecule has 0 nitrogen and oxygen atoms in total. The van der Waals surface area contributed by atoms with Gasteiger partial charge >= 0.3 is 19.3 Å². The van der Waals surface area contributed by atoms with E-state index in [0.29, 0.717) is 0 Å². The highest BCUT2D eigenvalue weighted by Gasteiger charge is 1.87. The highest BCUT2D eigenvalue weighted by Crippen LogP contribution is 2.00. The maximum atomic E-state index is 5.68. The Balaban J connectivity index is 2.91. The Bertz CT molecular complexity index is 91.6. The fourth-order valence-corrected chi connectivity index (χ4v) is 1.96. The van der Waals surface area contributed by atoms with E-state index in [1.807, 2.05) is 0 Å². The average molecular weight is 185 g/mol. The molecule has 0 bridgehead atoms. The molecular weight excluding hydrogens is 168 g/mol. The minimum absolute atomic E-state index is 0.192. The summed E-state index contributed by atoms with van der Waals surface area (Å²) >= 11 is -0.192. The second-order valence-corrected chi connectivity index (χ2v) is 5.02. The molecule has 2 heteroatoms. The van der Waals surface area contributed by atoms with Gasteiger partial charge in [0.05, 0.1) is 0 Å². The zero-order chi connectivity index (χ0) is 8.36. The lowest BCUT2D eigenvalue weighted by Crippen LogP contribution is -1.76. The highest BCUT2D eigenvalue weighted by atomic mass is 35.5. The summed E-state index contributed by atoms with van der Waals surface area (Å²) in [6.07, 6.45) is 11.0. The minimum atomic E-state index is -0.192. The monoisotopic (exact) mass is 184 g/mol. The average Bonchev–Trinajstić information content (AvgIpc) is 2.03. The molecule has 0 N–H and O–H groups in total. The van der Waals surface area contributed by atoms with Gasteiger partial charge in [-0.15, -0.1) is 4.55 Å². The SMILES string of the molecule is CCCC/C=C\CC[CH2][Mg][Cl]. The number of rotatable bonds is 7. The van der Waals surface area contributed by atoms with E-state index in [0.717, 1.165) is 0 Å². The van der Waals surface area contributed by atoms with Crippen LogP contribution in [0.3, 0.4) is 0 Å². The summed E-state index contributed by atoms with van der Waals surface area (Å²) in [7, 11) is 5.68. The second-order valence-electron chi connectivity index (χ2n) is 2.80. The molecule has 0 heterocycles. The van der Waals surface area contributed by atoms with E-state index in [1.54, 1.807) is 0 Å². The summed E-state index contributed by atoms with van der Waals surface area (Å²) in [5.41, 5.74) is 0. The molecule has 0 aromatic heterocycles. The molecule has 11 heavy (non-hydrogen) atoms. The normalized spacial score (nSPS) is 10.4. The molecule has 0 saturated heterocycles. The number of hydrogen-bond acceptors (Lipinski definition) is 0. The molecule has 0 unspecified atom stereocenters. The summed E-state index contributed by atoms with van der Waals surface area (Å²) < 4.78 is 1.29. The predicted molar refractivity (Wildman–Crippen MR) is 54.3 cm³/mol. The molecule has 0 radical (unpaired) electrons. The van der Waals surface area contributed by atoms with Crippen molar-refractivity contribution < 1.29 is 0 Å². The number of halogens is 1.